The summed E-state index contributed by atoms with van der Waals surface area (Å²) in [6.45, 7) is 3.57. The Bertz CT molecular complexity index is 1160. The second-order valence-electron chi connectivity index (χ2n) is 6.68. The molecule has 2 aromatic heterocycles. The normalized spacial score (nSPS) is 11.8. The fraction of sp³-hybridized carbons (Fsp3) is 0.130. The molecule has 0 saturated carbocycles. The van der Waals surface area contributed by atoms with Gasteiger partial charge in [-0.3, -0.25) is 9.78 Å². The molecule has 0 aliphatic carbocycles. The van der Waals surface area contributed by atoms with Gasteiger partial charge in [0.25, 0.3) is 5.91 Å². The van der Waals surface area contributed by atoms with Gasteiger partial charge >= 0.3 is 0 Å². The molecule has 0 unspecified atom stereocenters. The Hall–Kier alpha value is -3.80. The third-order valence-corrected chi connectivity index (χ3v) is 4.42. The largest absolute Gasteiger partial charge is 0.481 e. The van der Waals surface area contributed by atoms with E-state index in [1.807, 2.05) is 67.6 Å². The molecule has 29 heavy (non-hydrogen) atoms. The Morgan fingerprint density at radius 3 is 2.45 bits per heavy atom. The Kier molecular flexibility index (Phi) is 5.16. The van der Waals surface area contributed by atoms with E-state index in [2.05, 4.69) is 20.3 Å². The number of fused-ring (bicyclic) bond motifs is 1. The average molecular weight is 384 g/mol. The first-order valence-electron chi connectivity index (χ1n) is 9.32. The van der Waals surface area contributed by atoms with Crippen LogP contribution in [-0.2, 0) is 4.79 Å². The summed E-state index contributed by atoms with van der Waals surface area (Å²) in [6.07, 6.45) is 1.09. The van der Waals surface area contributed by atoms with Crippen molar-refractivity contribution in [2.24, 2.45) is 0 Å². The minimum absolute atomic E-state index is 0.257. The van der Waals surface area contributed by atoms with Crippen molar-refractivity contribution in [3.8, 4) is 17.0 Å². The minimum Gasteiger partial charge on any atom is -0.481 e. The zero-order valence-electron chi connectivity index (χ0n) is 16.2. The molecular formula is C23H20N4O2. The van der Waals surface area contributed by atoms with E-state index < -0.39 is 6.10 Å². The molecule has 0 aliphatic heterocycles. The second-order valence-corrected chi connectivity index (χ2v) is 6.68. The molecule has 1 N–H and O–H groups in total. The second kappa shape index (κ2) is 8.06. The lowest BCUT2D eigenvalue weighted by molar-refractivity contribution is -0.122. The van der Waals surface area contributed by atoms with Crippen LogP contribution < -0.4 is 10.1 Å². The van der Waals surface area contributed by atoms with Crippen molar-refractivity contribution in [2.45, 2.75) is 20.0 Å². The lowest BCUT2D eigenvalue weighted by Crippen LogP contribution is -2.30. The van der Waals surface area contributed by atoms with Gasteiger partial charge in [-0.25, -0.2) is 9.97 Å². The molecule has 0 aliphatic rings. The van der Waals surface area contributed by atoms with Crippen molar-refractivity contribution in [2.75, 3.05) is 5.32 Å². The van der Waals surface area contributed by atoms with Gasteiger partial charge in [0.1, 0.15) is 11.6 Å². The highest BCUT2D eigenvalue weighted by molar-refractivity contribution is 5.93. The molecule has 6 heteroatoms. The highest BCUT2D eigenvalue weighted by atomic mass is 16.5. The van der Waals surface area contributed by atoms with Gasteiger partial charge in [-0.1, -0.05) is 18.2 Å². The highest BCUT2D eigenvalue weighted by Gasteiger charge is 2.15. The maximum atomic E-state index is 12.3. The third-order valence-electron chi connectivity index (χ3n) is 4.42. The number of aryl methyl sites for hydroxylation is 1. The number of para-hydroxylation sites is 2. The SMILES string of the molecule is Cc1cccc(NC(=O)[C@H](C)Oc2ccc(-c3cnc4ccccc4n3)cc2)n1. The first-order chi connectivity index (χ1) is 14.1. The van der Waals surface area contributed by atoms with Crippen LogP contribution in [0.1, 0.15) is 12.6 Å². The summed E-state index contributed by atoms with van der Waals surface area (Å²) in [5.74, 6) is 0.852. The van der Waals surface area contributed by atoms with Gasteiger partial charge in [0.15, 0.2) is 6.10 Å². The Balaban J connectivity index is 1.43. The van der Waals surface area contributed by atoms with Crippen LogP contribution in [0, 0.1) is 6.92 Å². The Morgan fingerprint density at radius 2 is 1.69 bits per heavy atom. The lowest BCUT2D eigenvalue weighted by Gasteiger charge is -2.15. The lowest BCUT2D eigenvalue weighted by atomic mass is 10.1. The standard InChI is InChI=1S/C23H20N4O2/c1-15-6-5-9-22(25-15)27-23(28)16(2)29-18-12-10-17(11-13-18)21-14-24-19-7-3-4-8-20(19)26-21/h3-14,16H,1-2H3,(H,25,27,28)/t16-/m0/s1. The Labute approximate surface area is 168 Å². The topological polar surface area (TPSA) is 77.0 Å². The molecule has 1 atom stereocenters. The smallest absolute Gasteiger partial charge is 0.266 e. The minimum atomic E-state index is -0.663. The summed E-state index contributed by atoms with van der Waals surface area (Å²) in [5.41, 5.74) is 4.26. The van der Waals surface area contributed by atoms with Crippen LogP contribution in [0.5, 0.6) is 5.75 Å². The fourth-order valence-electron chi connectivity index (χ4n) is 2.90. The molecule has 0 fully saturated rings. The number of rotatable bonds is 5. The van der Waals surface area contributed by atoms with E-state index in [4.69, 9.17) is 4.74 Å². The van der Waals surface area contributed by atoms with Gasteiger partial charge < -0.3 is 10.1 Å². The third kappa shape index (κ3) is 4.38. The highest BCUT2D eigenvalue weighted by Crippen LogP contribution is 2.22. The number of nitrogens with one attached hydrogen (secondary N) is 1. The number of aromatic nitrogens is 3. The number of amides is 1. The van der Waals surface area contributed by atoms with Gasteiger partial charge in [-0.05, 0) is 62.4 Å². The molecule has 0 bridgehead atoms. The van der Waals surface area contributed by atoms with Gasteiger partial charge in [-0.2, -0.15) is 0 Å². The van der Waals surface area contributed by atoms with Crippen LogP contribution in [0.3, 0.4) is 0 Å². The summed E-state index contributed by atoms with van der Waals surface area (Å²) < 4.78 is 5.76. The van der Waals surface area contributed by atoms with Gasteiger partial charge in [0.2, 0.25) is 0 Å². The van der Waals surface area contributed by atoms with Crippen LogP contribution in [0.15, 0.2) is 72.9 Å². The number of carbonyl (C=O) groups excluding carboxylic acids is 1. The summed E-state index contributed by atoms with van der Waals surface area (Å²) in [6, 6.07) is 20.7. The summed E-state index contributed by atoms with van der Waals surface area (Å²) in [4.78, 5) is 25.7. The zero-order chi connectivity index (χ0) is 20.2. The maximum absolute atomic E-state index is 12.3. The predicted molar refractivity (Wildman–Crippen MR) is 113 cm³/mol. The molecule has 0 saturated heterocycles. The summed E-state index contributed by atoms with van der Waals surface area (Å²) in [7, 11) is 0. The molecule has 1 amide bonds. The van der Waals surface area contributed by atoms with Gasteiger partial charge in [0.05, 0.1) is 22.9 Å². The van der Waals surface area contributed by atoms with E-state index in [1.165, 1.54) is 0 Å². The molecule has 2 heterocycles. The van der Waals surface area contributed by atoms with E-state index in [-0.39, 0.29) is 5.91 Å². The van der Waals surface area contributed by atoms with E-state index >= 15 is 0 Å². The first kappa shape index (κ1) is 18.6. The molecule has 2 aromatic carbocycles. The van der Waals surface area contributed by atoms with E-state index in [1.54, 1.807) is 19.2 Å². The van der Waals surface area contributed by atoms with E-state index in [0.29, 0.717) is 11.6 Å². The number of nitrogens with zero attached hydrogens (tertiary/aromatic N) is 3. The van der Waals surface area contributed by atoms with Crippen molar-refractivity contribution in [1.82, 2.24) is 15.0 Å². The van der Waals surface area contributed by atoms with Crippen LogP contribution in [-0.4, -0.2) is 27.0 Å². The van der Waals surface area contributed by atoms with Crippen molar-refractivity contribution >= 4 is 22.8 Å². The predicted octanol–water partition coefficient (Wildman–Crippen LogP) is 4.41. The molecule has 4 aromatic rings. The molecule has 6 nitrogen and oxygen atoms in total. The summed E-state index contributed by atoms with van der Waals surface area (Å²) in [5, 5.41) is 2.76. The van der Waals surface area contributed by atoms with Crippen molar-refractivity contribution < 1.29 is 9.53 Å². The number of benzene rings is 2. The van der Waals surface area contributed by atoms with Crippen LogP contribution in [0.25, 0.3) is 22.3 Å². The summed E-state index contributed by atoms with van der Waals surface area (Å²) >= 11 is 0. The molecule has 144 valence electrons. The number of pyridine rings is 1. The fourth-order valence-corrected chi connectivity index (χ4v) is 2.90. The van der Waals surface area contributed by atoms with Crippen LogP contribution in [0.2, 0.25) is 0 Å². The zero-order valence-corrected chi connectivity index (χ0v) is 16.2. The first-order valence-corrected chi connectivity index (χ1v) is 9.32. The van der Waals surface area contributed by atoms with Crippen molar-refractivity contribution in [1.29, 1.82) is 0 Å². The number of ether oxygens (including phenoxy) is 1. The van der Waals surface area contributed by atoms with Crippen LogP contribution in [0.4, 0.5) is 5.82 Å². The number of hydrogen-bond acceptors (Lipinski definition) is 5. The van der Waals surface area contributed by atoms with Crippen molar-refractivity contribution in [3.63, 3.8) is 0 Å². The quantitative estimate of drug-likeness (QED) is 0.552. The maximum Gasteiger partial charge on any atom is 0.266 e. The van der Waals surface area contributed by atoms with Crippen molar-refractivity contribution in [3.05, 3.63) is 78.6 Å². The van der Waals surface area contributed by atoms with E-state index in [0.717, 1.165) is 28.0 Å². The number of hydrogen-bond donors (Lipinski definition) is 1. The van der Waals surface area contributed by atoms with Gasteiger partial charge in [0, 0.05) is 11.3 Å². The molecule has 0 spiro atoms. The molecular weight excluding hydrogens is 364 g/mol. The average Bonchev–Trinajstić information content (AvgIpc) is 2.74. The number of anilines is 1. The van der Waals surface area contributed by atoms with Crippen LogP contribution >= 0.6 is 0 Å². The van der Waals surface area contributed by atoms with E-state index in [9.17, 15) is 4.79 Å². The number of carbonyl (C=O) groups is 1. The molecule has 0 radical (unpaired) electrons. The Morgan fingerprint density at radius 1 is 0.931 bits per heavy atom. The monoisotopic (exact) mass is 384 g/mol. The molecule has 4 rings (SSSR count). The van der Waals surface area contributed by atoms with Gasteiger partial charge in [-0.15, -0.1) is 0 Å².